The van der Waals surface area contributed by atoms with E-state index in [1.807, 2.05) is 25.1 Å². The molecule has 1 amide bonds. The van der Waals surface area contributed by atoms with Crippen molar-refractivity contribution < 1.29 is 14.3 Å². The molecule has 0 bridgehead atoms. The number of benzene rings is 1. The summed E-state index contributed by atoms with van der Waals surface area (Å²) in [6.45, 7) is 3.02. The largest absolute Gasteiger partial charge is 0.493 e. The molecular weight excluding hydrogens is 254 g/mol. The number of halogens is 1. The van der Waals surface area contributed by atoms with Gasteiger partial charge in [-0.15, -0.1) is 11.6 Å². The van der Waals surface area contributed by atoms with Crippen LogP contribution in [0.3, 0.4) is 0 Å². The van der Waals surface area contributed by atoms with Gasteiger partial charge in [-0.3, -0.25) is 4.79 Å². The van der Waals surface area contributed by atoms with Gasteiger partial charge in [0.25, 0.3) is 0 Å². The van der Waals surface area contributed by atoms with E-state index in [1.165, 1.54) is 0 Å². The molecule has 0 spiro atoms. The first-order valence-electron chi connectivity index (χ1n) is 5.84. The summed E-state index contributed by atoms with van der Waals surface area (Å²) in [5.41, 5.74) is 0.876. The lowest BCUT2D eigenvalue weighted by atomic mass is 10.2. The van der Waals surface area contributed by atoms with Crippen LogP contribution in [-0.4, -0.2) is 25.5 Å². The Morgan fingerprint density at radius 1 is 1.44 bits per heavy atom. The van der Waals surface area contributed by atoms with Gasteiger partial charge in [-0.1, -0.05) is 19.1 Å². The van der Waals surface area contributed by atoms with Crippen molar-refractivity contribution >= 4 is 17.5 Å². The molecule has 0 atom stereocenters. The number of ether oxygens (including phenoxy) is 2. The molecule has 1 aromatic rings. The molecular formula is C13H18ClNO3. The average Bonchev–Trinajstić information content (AvgIpc) is 2.42. The van der Waals surface area contributed by atoms with Gasteiger partial charge in [0, 0.05) is 12.1 Å². The second kappa shape index (κ2) is 7.82. The number of alkyl halides is 1. The van der Waals surface area contributed by atoms with Crippen molar-refractivity contribution in [3.63, 3.8) is 0 Å². The molecule has 0 aliphatic rings. The Hall–Kier alpha value is -1.42. The second-order valence-electron chi connectivity index (χ2n) is 3.71. The van der Waals surface area contributed by atoms with Crippen molar-refractivity contribution in [3.05, 3.63) is 23.8 Å². The van der Waals surface area contributed by atoms with E-state index in [4.69, 9.17) is 21.1 Å². The molecule has 0 aromatic heterocycles. The van der Waals surface area contributed by atoms with Crippen LogP contribution in [0.5, 0.6) is 11.5 Å². The fourth-order valence-corrected chi connectivity index (χ4v) is 1.56. The van der Waals surface area contributed by atoms with Gasteiger partial charge < -0.3 is 14.8 Å². The Morgan fingerprint density at radius 2 is 2.22 bits per heavy atom. The van der Waals surface area contributed by atoms with E-state index in [0.717, 1.165) is 12.0 Å². The predicted molar refractivity (Wildman–Crippen MR) is 71.3 cm³/mol. The predicted octanol–water partition coefficient (Wildman–Crippen LogP) is 2.34. The lowest BCUT2D eigenvalue weighted by Crippen LogP contribution is -2.24. The number of hydrogen-bond acceptors (Lipinski definition) is 3. The smallest absolute Gasteiger partial charge is 0.235 e. The number of amides is 1. The maximum Gasteiger partial charge on any atom is 0.235 e. The molecule has 18 heavy (non-hydrogen) atoms. The van der Waals surface area contributed by atoms with Crippen LogP contribution in [0.4, 0.5) is 0 Å². The fraction of sp³-hybridized carbons (Fsp3) is 0.462. The number of hydrogen-bond donors (Lipinski definition) is 1. The van der Waals surface area contributed by atoms with E-state index in [2.05, 4.69) is 5.32 Å². The third-order valence-electron chi connectivity index (χ3n) is 2.33. The van der Waals surface area contributed by atoms with Crippen LogP contribution in [0.15, 0.2) is 18.2 Å². The average molecular weight is 272 g/mol. The Morgan fingerprint density at radius 3 is 2.83 bits per heavy atom. The summed E-state index contributed by atoms with van der Waals surface area (Å²) >= 11 is 5.43. The number of carbonyl (C=O) groups is 1. The Labute approximate surface area is 112 Å². The van der Waals surface area contributed by atoms with Crippen LogP contribution in [0.25, 0.3) is 0 Å². The zero-order valence-corrected chi connectivity index (χ0v) is 11.4. The first kappa shape index (κ1) is 14.6. The van der Waals surface area contributed by atoms with Gasteiger partial charge in [-0.05, 0) is 12.5 Å². The molecule has 4 nitrogen and oxygen atoms in total. The summed E-state index contributed by atoms with van der Waals surface area (Å²) in [5, 5.41) is 2.71. The molecule has 100 valence electrons. The van der Waals surface area contributed by atoms with Crippen LogP contribution in [-0.2, 0) is 11.3 Å². The molecule has 0 unspecified atom stereocenters. The standard InChI is InChI=1S/C13H18ClNO3/c1-3-7-18-13-10(9-15-12(16)8-14)5-4-6-11(13)17-2/h4-6H,3,7-9H2,1-2H3,(H,15,16). The maximum absolute atomic E-state index is 11.1. The highest BCUT2D eigenvalue weighted by molar-refractivity contribution is 6.27. The summed E-state index contributed by atoms with van der Waals surface area (Å²) in [6, 6.07) is 5.58. The molecule has 1 rings (SSSR count). The lowest BCUT2D eigenvalue weighted by molar-refractivity contribution is -0.118. The van der Waals surface area contributed by atoms with Crippen LogP contribution in [0, 0.1) is 0 Å². The highest BCUT2D eigenvalue weighted by atomic mass is 35.5. The van der Waals surface area contributed by atoms with E-state index in [-0.39, 0.29) is 11.8 Å². The molecule has 5 heteroatoms. The molecule has 0 saturated heterocycles. The van der Waals surface area contributed by atoms with Crippen LogP contribution in [0.2, 0.25) is 0 Å². The van der Waals surface area contributed by atoms with Crippen molar-refractivity contribution in [2.24, 2.45) is 0 Å². The fourth-order valence-electron chi connectivity index (χ4n) is 1.47. The van der Waals surface area contributed by atoms with Crippen molar-refractivity contribution in [3.8, 4) is 11.5 Å². The summed E-state index contributed by atoms with van der Waals surface area (Å²) in [4.78, 5) is 11.1. The first-order valence-corrected chi connectivity index (χ1v) is 6.37. The van der Waals surface area contributed by atoms with E-state index in [0.29, 0.717) is 24.7 Å². The highest BCUT2D eigenvalue weighted by Crippen LogP contribution is 2.31. The van der Waals surface area contributed by atoms with Crippen LogP contribution in [0.1, 0.15) is 18.9 Å². The van der Waals surface area contributed by atoms with Crippen LogP contribution >= 0.6 is 11.6 Å². The first-order chi connectivity index (χ1) is 8.72. The van der Waals surface area contributed by atoms with E-state index >= 15 is 0 Å². The second-order valence-corrected chi connectivity index (χ2v) is 3.97. The van der Waals surface area contributed by atoms with Gasteiger partial charge in [0.1, 0.15) is 5.88 Å². The minimum absolute atomic E-state index is 0.0465. The molecule has 1 N–H and O–H groups in total. The van der Waals surface area contributed by atoms with Crippen molar-refractivity contribution in [2.45, 2.75) is 19.9 Å². The van der Waals surface area contributed by atoms with Gasteiger partial charge in [0.15, 0.2) is 11.5 Å². The minimum Gasteiger partial charge on any atom is -0.493 e. The molecule has 0 fully saturated rings. The maximum atomic E-state index is 11.1. The SMILES string of the molecule is CCCOc1c(CNC(=O)CCl)cccc1OC. The third-order valence-corrected chi connectivity index (χ3v) is 2.57. The number of para-hydroxylation sites is 1. The minimum atomic E-state index is -0.207. The molecule has 0 aliphatic heterocycles. The van der Waals surface area contributed by atoms with Gasteiger partial charge in [0.2, 0.25) is 5.91 Å². The third kappa shape index (κ3) is 4.11. The molecule has 1 aromatic carbocycles. The molecule has 0 heterocycles. The van der Waals surface area contributed by atoms with Gasteiger partial charge in [-0.2, -0.15) is 0 Å². The van der Waals surface area contributed by atoms with E-state index < -0.39 is 0 Å². The van der Waals surface area contributed by atoms with E-state index in [1.54, 1.807) is 7.11 Å². The van der Waals surface area contributed by atoms with Gasteiger partial charge in [0.05, 0.1) is 13.7 Å². The highest BCUT2D eigenvalue weighted by Gasteiger charge is 2.11. The van der Waals surface area contributed by atoms with Crippen molar-refractivity contribution in [2.75, 3.05) is 19.6 Å². The summed E-state index contributed by atoms with van der Waals surface area (Å²) < 4.78 is 10.9. The molecule has 0 radical (unpaired) electrons. The van der Waals surface area contributed by atoms with Gasteiger partial charge >= 0.3 is 0 Å². The molecule has 0 saturated carbocycles. The number of carbonyl (C=O) groups excluding carboxylic acids is 1. The summed E-state index contributed by atoms with van der Waals surface area (Å²) in [5.74, 6) is 1.09. The van der Waals surface area contributed by atoms with Crippen molar-refractivity contribution in [1.29, 1.82) is 0 Å². The zero-order valence-electron chi connectivity index (χ0n) is 10.7. The monoisotopic (exact) mass is 271 g/mol. The zero-order chi connectivity index (χ0) is 13.4. The number of rotatable bonds is 7. The van der Waals surface area contributed by atoms with Crippen molar-refractivity contribution in [1.82, 2.24) is 5.32 Å². The quantitative estimate of drug-likeness (QED) is 0.775. The molecule has 0 aliphatic carbocycles. The van der Waals surface area contributed by atoms with E-state index in [9.17, 15) is 4.79 Å². The topological polar surface area (TPSA) is 47.6 Å². The number of nitrogens with one attached hydrogen (secondary N) is 1. The normalized spacial score (nSPS) is 9.94. The Balaban J connectivity index is 2.83. The Kier molecular flexibility index (Phi) is 6.36. The number of methoxy groups -OCH3 is 1. The van der Waals surface area contributed by atoms with Gasteiger partial charge in [-0.25, -0.2) is 0 Å². The summed E-state index contributed by atoms with van der Waals surface area (Å²) in [7, 11) is 1.59. The summed E-state index contributed by atoms with van der Waals surface area (Å²) in [6.07, 6.45) is 0.908. The Bertz CT molecular complexity index is 396. The van der Waals surface area contributed by atoms with Crippen LogP contribution < -0.4 is 14.8 Å². The lowest BCUT2D eigenvalue weighted by Gasteiger charge is -2.14.